The molecular formula is C20H26N6O. The van der Waals surface area contributed by atoms with Crippen LogP contribution in [-0.4, -0.2) is 47.4 Å². The Kier molecular flexibility index (Phi) is 5.05. The molecule has 0 spiro atoms. The first kappa shape index (κ1) is 17.9. The molecule has 1 atom stereocenters. The maximum Gasteiger partial charge on any atom is 0.158 e. The van der Waals surface area contributed by atoms with Crippen LogP contribution in [0.4, 0.5) is 0 Å². The molecule has 7 heteroatoms. The number of piperidine rings is 1. The van der Waals surface area contributed by atoms with Crippen molar-refractivity contribution in [1.82, 2.24) is 29.2 Å². The lowest BCUT2D eigenvalue weighted by Gasteiger charge is -2.32. The van der Waals surface area contributed by atoms with Crippen LogP contribution in [0.5, 0.6) is 0 Å². The molecule has 0 amide bonds. The molecule has 1 aliphatic rings. The summed E-state index contributed by atoms with van der Waals surface area (Å²) in [6, 6.07) is 8.26. The first-order chi connectivity index (χ1) is 13.2. The van der Waals surface area contributed by atoms with Gasteiger partial charge in [-0.1, -0.05) is 18.2 Å². The maximum absolute atomic E-state index is 9.37. The number of likely N-dealkylation sites (tertiary alicyclic amines) is 1. The normalized spacial score (nSPS) is 18.2. The molecule has 0 saturated carbocycles. The van der Waals surface area contributed by atoms with Crippen molar-refractivity contribution in [3.8, 4) is 0 Å². The van der Waals surface area contributed by atoms with Crippen molar-refractivity contribution in [2.24, 2.45) is 7.05 Å². The number of allylic oxidation sites excluding steroid dienone is 1. The van der Waals surface area contributed by atoms with Gasteiger partial charge in [0, 0.05) is 26.1 Å². The van der Waals surface area contributed by atoms with Gasteiger partial charge >= 0.3 is 0 Å². The SMILES string of the molecule is C=CCn1c(CN2CCC[C@@H](c3nnc(CO)n3C)C2)nc2ccccc21. The van der Waals surface area contributed by atoms with Crippen molar-refractivity contribution in [1.29, 1.82) is 0 Å². The van der Waals surface area contributed by atoms with Crippen molar-refractivity contribution < 1.29 is 5.11 Å². The van der Waals surface area contributed by atoms with Crippen LogP contribution in [0.25, 0.3) is 11.0 Å². The monoisotopic (exact) mass is 366 g/mol. The van der Waals surface area contributed by atoms with Gasteiger partial charge in [-0.3, -0.25) is 4.90 Å². The number of fused-ring (bicyclic) bond motifs is 1. The van der Waals surface area contributed by atoms with E-state index in [1.54, 1.807) is 0 Å². The molecule has 0 radical (unpaired) electrons. The summed E-state index contributed by atoms with van der Waals surface area (Å²) in [6.45, 7) is 7.37. The minimum absolute atomic E-state index is 0.0779. The van der Waals surface area contributed by atoms with Crippen LogP contribution in [0.2, 0.25) is 0 Å². The summed E-state index contributed by atoms with van der Waals surface area (Å²) in [5.41, 5.74) is 2.19. The molecule has 1 N–H and O–H groups in total. The van der Waals surface area contributed by atoms with E-state index in [0.717, 1.165) is 61.7 Å². The lowest BCUT2D eigenvalue weighted by Crippen LogP contribution is -2.35. The fourth-order valence-electron chi connectivity index (χ4n) is 4.06. The Morgan fingerprint density at radius 1 is 1.26 bits per heavy atom. The molecule has 2 aromatic heterocycles. The molecule has 142 valence electrons. The van der Waals surface area contributed by atoms with Crippen LogP contribution in [-0.2, 0) is 26.7 Å². The smallest absolute Gasteiger partial charge is 0.158 e. The quantitative estimate of drug-likeness (QED) is 0.677. The number of para-hydroxylation sites is 2. The van der Waals surface area contributed by atoms with E-state index in [4.69, 9.17) is 4.98 Å². The van der Waals surface area contributed by atoms with Gasteiger partial charge in [0.15, 0.2) is 5.82 Å². The number of benzene rings is 1. The lowest BCUT2D eigenvalue weighted by molar-refractivity contribution is 0.189. The van der Waals surface area contributed by atoms with Crippen molar-refractivity contribution in [3.63, 3.8) is 0 Å². The molecule has 1 aromatic carbocycles. The van der Waals surface area contributed by atoms with Crippen LogP contribution >= 0.6 is 0 Å². The first-order valence-electron chi connectivity index (χ1n) is 9.47. The number of aromatic nitrogens is 5. The third-order valence-electron chi connectivity index (χ3n) is 5.42. The van der Waals surface area contributed by atoms with Gasteiger partial charge in [0.2, 0.25) is 0 Å². The zero-order chi connectivity index (χ0) is 18.8. The molecule has 0 aliphatic carbocycles. The molecule has 1 fully saturated rings. The molecule has 3 heterocycles. The number of rotatable bonds is 6. The van der Waals surface area contributed by atoms with Crippen molar-refractivity contribution in [2.45, 2.75) is 38.5 Å². The van der Waals surface area contributed by atoms with Crippen molar-refractivity contribution >= 4 is 11.0 Å². The predicted molar refractivity (Wildman–Crippen MR) is 104 cm³/mol. The minimum atomic E-state index is -0.0779. The molecule has 27 heavy (non-hydrogen) atoms. The van der Waals surface area contributed by atoms with Crippen LogP contribution < -0.4 is 0 Å². The van der Waals surface area contributed by atoms with Gasteiger partial charge in [0.1, 0.15) is 18.3 Å². The van der Waals surface area contributed by atoms with E-state index in [9.17, 15) is 5.11 Å². The zero-order valence-electron chi connectivity index (χ0n) is 15.8. The van der Waals surface area contributed by atoms with E-state index in [0.29, 0.717) is 11.7 Å². The summed E-state index contributed by atoms with van der Waals surface area (Å²) in [4.78, 5) is 7.31. The van der Waals surface area contributed by atoms with E-state index < -0.39 is 0 Å². The van der Waals surface area contributed by atoms with Gasteiger partial charge in [-0.15, -0.1) is 16.8 Å². The van der Waals surface area contributed by atoms with E-state index in [1.165, 1.54) is 0 Å². The Hall–Kier alpha value is -2.51. The molecule has 1 saturated heterocycles. The second-order valence-corrected chi connectivity index (χ2v) is 7.18. The van der Waals surface area contributed by atoms with Crippen LogP contribution in [0.1, 0.15) is 36.2 Å². The second kappa shape index (κ2) is 7.62. The number of imidazole rings is 1. The van der Waals surface area contributed by atoms with E-state index in [-0.39, 0.29) is 6.61 Å². The van der Waals surface area contributed by atoms with E-state index in [2.05, 4.69) is 44.4 Å². The molecule has 3 aromatic rings. The van der Waals surface area contributed by atoms with E-state index >= 15 is 0 Å². The minimum Gasteiger partial charge on any atom is -0.388 e. The Balaban J connectivity index is 1.56. The fraction of sp³-hybridized carbons (Fsp3) is 0.450. The average molecular weight is 366 g/mol. The van der Waals surface area contributed by atoms with Crippen LogP contribution in [0.15, 0.2) is 36.9 Å². The number of aliphatic hydroxyl groups is 1. The summed E-state index contributed by atoms with van der Waals surface area (Å²) in [7, 11) is 1.93. The van der Waals surface area contributed by atoms with Gasteiger partial charge in [-0.05, 0) is 31.5 Å². The van der Waals surface area contributed by atoms with Gasteiger partial charge in [0.05, 0.1) is 17.6 Å². The number of hydrogen-bond acceptors (Lipinski definition) is 5. The maximum atomic E-state index is 9.37. The van der Waals surface area contributed by atoms with Gasteiger partial charge < -0.3 is 14.2 Å². The van der Waals surface area contributed by atoms with Gasteiger partial charge in [-0.2, -0.15) is 0 Å². The Bertz CT molecular complexity index is 943. The summed E-state index contributed by atoms with van der Waals surface area (Å²) in [5.74, 6) is 2.98. The highest BCUT2D eigenvalue weighted by Gasteiger charge is 2.26. The molecule has 0 bridgehead atoms. The second-order valence-electron chi connectivity index (χ2n) is 7.18. The highest BCUT2D eigenvalue weighted by Crippen LogP contribution is 2.27. The lowest BCUT2D eigenvalue weighted by atomic mass is 9.97. The topological polar surface area (TPSA) is 72.0 Å². The Morgan fingerprint density at radius 3 is 2.89 bits per heavy atom. The zero-order valence-corrected chi connectivity index (χ0v) is 15.8. The van der Waals surface area contributed by atoms with Crippen molar-refractivity contribution in [3.05, 3.63) is 54.4 Å². The third-order valence-corrected chi connectivity index (χ3v) is 5.42. The summed E-state index contributed by atoms with van der Waals surface area (Å²) in [6.07, 6.45) is 4.14. The highest BCUT2D eigenvalue weighted by atomic mass is 16.3. The molecule has 0 unspecified atom stereocenters. The molecule has 4 rings (SSSR count). The van der Waals surface area contributed by atoms with Gasteiger partial charge in [-0.25, -0.2) is 4.98 Å². The molecule has 7 nitrogen and oxygen atoms in total. The van der Waals surface area contributed by atoms with Crippen LogP contribution in [0, 0.1) is 0 Å². The fourth-order valence-corrected chi connectivity index (χ4v) is 4.06. The van der Waals surface area contributed by atoms with Crippen LogP contribution in [0.3, 0.4) is 0 Å². The Labute approximate surface area is 159 Å². The largest absolute Gasteiger partial charge is 0.388 e. The predicted octanol–water partition coefficient (Wildman–Crippen LogP) is 2.22. The molecule has 1 aliphatic heterocycles. The number of aliphatic hydroxyl groups excluding tert-OH is 1. The summed E-state index contributed by atoms with van der Waals surface area (Å²) >= 11 is 0. The van der Waals surface area contributed by atoms with Crippen molar-refractivity contribution in [2.75, 3.05) is 13.1 Å². The molecular weight excluding hydrogens is 340 g/mol. The summed E-state index contributed by atoms with van der Waals surface area (Å²) in [5, 5.41) is 17.8. The number of hydrogen-bond donors (Lipinski definition) is 1. The first-order valence-corrected chi connectivity index (χ1v) is 9.47. The number of nitrogens with zero attached hydrogens (tertiary/aromatic N) is 6. The van der Waals surface area contributed by atoms with Gasteiger partial charge in [0.25, 0.3) is 0 Å². The summed E-state index contributed by atoms with van der Waals surface area (Å²) < 4.78 is 4.18. The highest BCUT2D eigenvalue weighted by molar-refractivity contribution is 5.75. The van der Waals surface area contributed by atoms with E-state index in [1.807, 2.05) is 23.8 Å². The Morgan fingerprint density at radius 2 is 2.11 bits per heavy atom. The standard InChI is InChI=1S/C20H26N6O/c1-3-10-26-17-9-5-4-8-16(17)21-18(26)13-25-11-6-7-15(12-25)20-23-22-19(14-27)24(20)2/h3-5,8-9,15,27H,1,6-7,10-14H2,2H3/t15-/m1/s1. The average Bonchev–Trinajstić information content (AvgIpc) is 3.23. The third kappa shape index (κ3) is 3.40.